The van der Waals surface area contributed by atoms with Crippen LogP contribution in [-0.4, -0.2) is 51.1 Å². The van der Waals surface area contributed by atoms with Gasteiger partial charge in [0.15, 0.2) is 5.65 Å². The predicted molar refractivity (Wildman–Crippen MR) is 108 cm³/mol. The van der Waals surface area contributed by atoms with Gasteiger partial charge in [0.05, 0.1) is 11.1 Å². The van der Waals surface area contributed by atoms with Gasteiger partial charge >= 0.3 is 0 Å². The molecule has 0 unspecified atom stereocenters. The number of sulfonamides is 1. The molecule has 0 aliphatic rings. The molecule has 3 rings (SSSR count). The lowest BCUT2D eigenvalue weighted by molar-refractivity contribution is -0.116. The maximum Gasteiger partial charge on any atom is 0.264 e. The third-order valence-electron chi connectivity index (χ3n) is 4.57. The van der Waals surface area contributed by atoms with E-state index < -0.39 is 15.9 Å². The number of hydrogen-bond donors (Lipinski definition) is 1. The average molecular weight is 418 g/mol. The highest BCUT2D eigenvalue weighted by molar-refractivity contribution is 7.89. The largest absolute Gasteiger partial charge is 0.325 e. The number of nitrogens with one attached hydrogen (secondary N) is 1. The summed E-state index contributed by atoms with van der Waals surface area (Å²) in [6.07, 6.45) is 2.70. The molecule has 10 nitrogen and oxygen atoms in total. The lowest BCUT2D eigenvalue weighted by Gasteiger charge is -2.21. The van der Waals surface area contributed by atoms with Crippen LogP contribution in [0.4, 0.5) is 5.69 Å². The summed E-state index contributed by atoms with van der Waals surface area (Å²) in [5.41, 5.74) is 0.496. The number of carbonyl (C=O) groups excluding carboxylic acids is 1. The first kappa shape index (κ1) is 20.7. The molecule has 29 heavy (non-hydrogen) atoms. The normalized spacial score (nSPS) is 12.1. The first-order valence-electron chi connectivity index (χ1n) is 8.86. The molecule has 1 N–H and O–H groups in total. The Labute approximate surface area is 167 Å². The Morgan fingerprint density at radius 3 is 2.52 bits per heavy atom. The number of rotatable bonds is 6. The van der Waals surface area contributed by atoms with Gasteiger partial charge in [0.25, 0.3) is 5.56 Å². The van der Waals surface area contributed by atoms with Gasteiger partial charge in [-0.2, -0.15) is 9.40 Å². The Balaban J connectivity index is 1.73. The lowest BCUT2D eigenvalue weighted by Crippen LogP contribution is -2.33. The highest BCUT2D eigenvalue weighted by Crippen LogP contribution is 2.19. The number of hydrogen-bond acceptors (Lipinski definition) is 6. The quantitative estimate of drug-likeness (QED) is 0.632. The number of benzene rings is 1. The Bertz CT molecular complexity index is 1210. The third-order valence-corrected chi connectivity index (χ3v) is 6.62. The SMILES string of the molecule is CC(C)N(C)S(=O)(=O)c1ccc(NC(=O)Cn2cnc3c(cnn3C)c2=O)cc1. The molecule has 154 valence electrons. The molecule has 0 aliphatic carbocycles. The van der Waals surface area contributed by atoms with Crippen molar-refractivity contribution in [2.75, 3.05) is 12.4 Å². The van der Waals surface area contributed by atoms with Gasteiger partial charge in [0, 0.05) is 25.8 Å². The molecule has 2 aromatic heterocycles. The van der Waals surface area contributed by atoms with Crippen molar-refractivity contribution in [1.82, 2.24) is 23.6 Å². The number of aryl methyl sites for hydroxylation is 1. The van der Waals surface area contributed by atoms with Crippen LogP contribution in [0.5, 0.6) is 0 Å². The maximum atomic E-state index is 12.5. The summed E-state index contributed by atoms with van der Waals surface area (Å²) in [5, 5.41) is 6.95. The summed E-state index contributed by atoms with van der Waals surface area (Å²) in [5.74, 6) is -0.438. The fraction of sp³-hybridized carbons (Fsp3) is 0.333. The number of amides is 1. The summed E-state index contributed by atoms with van der Waals surface area (Å²) in [7, 11) is -0.408. The lowest BCUT2D eigenvalue weighted by atomic mass is 10.3. The first-order valence-corrected chi connectivity index (χ1v) is 10.3. The Kier molecular flexibility index (Phi) is 5.53. The second-order valence-corrected chi connectivity index (χ2v) is 8.87. The molecule has 0 fully saturated rings. The molecule has 0 saturated carbocycles. The van der Waals surface area contributed by atoms with Crippen molar-refractivity contribution in [2.24, 2.45) is 7.05 Å². The molecular formula is C18H22N6O4S. The average Bonchev–Trinajstić information content (AvgIpc) is 3.05. The van der Waals surface area contributed by atoms with Crippen LogP contribution < -0.4 is 10.9 Å². The van der Waals surface area contributed by atoms with Crippen LogP contribution in [0.2, 0.25) is 0 Å². The number of anilines is 1. The van der Waals surface area contributed by atoms with E-state index in [9.17, 15) is 18.0 Å². The number of aromatic nitrogens is 4. The molecule has 0 saturated heterocycles. The number of carbonyl (C=O) groups is 1. The Morgan fingerprint density at radius 2 is 1.90 bits per heavy atom. The summed E-state index contributed by atoms with van der Waals surface area (Å²) >= 11 is 0. The van der Waals surface area contributed by atoms with E-state index in [4.69, 9.17) is 0 Å². The van der Waals surface area contributed by atoms with Crippen LogP contribution in [0.25, 0.3) is 11.0 Å². The second-order valence-electron chi connectivity index (χ2n) is 6.87. The molecule has 0 bridgehead atoms. The zero-order chi connectivity index (χ0) is 21.3. The highest BCUT2D eigenvalue weighted by atomic mass is 32.2. The van der Waals surface area contributed by atoms with Gasteiger partial charge < -0.3 is 5.32 Å². The van der Waals surface area contributed by atoms with E-state index in [1.807, 2.05) is 0 Å². The summed E-state index contributed by atoms with van der Waals surface area (Å²) in [6.45, 7) is 3.34. The summed E-state index contributed by atoms with van der Waals surface area (Å²) < 4.78 is 28.9. The van der Waals surface area contributed by atoms with E-state index >= 15 is 0 Å². The van der Waals surface area contributed by atoms with Crippen LogP contribution in [0.3, 0.4) is 0 Å². The molecule has 3 aromatic rings. The molecule has 11 heteroatoms. The predicted octanol–water partition coefficient (Wildman–Crippen LogP) is 0.798. The minimum atomic E-state index is -3.60. The molecule has 0 aliphatic heterocycles. The molecule has 2 heterocycles. The number of fused-ring (bicyclic) bond motifs is 1. The van der Waals surface area contributed by atoms with Gasteiger partial charge in [-0.05, 0) is 38.1 Å². The maximum absolute atomic E-state index is 12.5. The number of nitrogens with zero attached hydrogens (tertiary/aromatic N) is 5. The van der Waals surface area contributed by atoms with E-state index in [1.165, 1.54) is 57.4 Å². The zero-order valence-corrected chi connectivity index (χ0v) is 17.3. The van der Waals surface area contributed by atoms with Gasteiger partial charge in [-0.3, -0.25) is 18.8 Å². The Hall–Kier alpha value is -3.05. The van der Waals surface area contributed by atoms with Gasteiger partial charge in [-0.15, -0.1) is 0 Å². The van der Waals surface area contributed by atoms with E-state index in [-0.39, 0.29) is 23.0 Å². The van der Waals surface area contributed by atoms with Crippen molar-refractivity contribution >= 4 is 32.7 Å². The molecule has 1 aromatic carbocycles. The molecule has 0 radical (unpaired) electrons. The van der Waals surface area contributed by atoms with Crippen LogP contribution in [0, 0.1) is 0 Å². The summed E-state index contributed by atoms with van der Waals surface area (Å²) in [6, 6.07) is 5.69. The minimum absolute atomic E-state index is 0.133. The fourth-order valence-electron chi connectivity index (χ4n) is 2.69. The van der Waals surface area contributed by atoms with Crippen LogP contribution in [0.1, 0.15) is 13.8 Å². The van der Waals surface area contributed by atoms with Crippen molar-refractivity contribution in [3.8, 4) is 0 Å². The zero-order valence-electron chi connectivity index (χ0n) is 16.5. The van der Waals surface area contributed by atoms with Crippen LogP contribution >= 0.6 is 0 Å². The Morgan fingerprint density at radius 1 is 1.24 bits per heavy atom. The van der Waals surface area contributed by atoms with E-state index in [2.05, 4.69) is 15.4 Å². The molecular weight excluding hydrogens is 396 g/mol. The van der Waals surface area contributed by atoms with Crippen LogP contribution in [-0.2, 0) is 28.4 Å². The van der Waals surface area contributed by atoms with Gasteiger partial charge in [-0.1, -0.05) is 0 Å². The topological polar surface area (TPSA) is 119 Å². The van der Waals surface area contributed by atoms with Crippen molar-refractivity contribution in [3.05, 3.63) is 47.1 Å². The van der Waals surface area contributed by atoms with Crippen LogP contribution in [0.15, 0.2) is 46.5 Å². The third kappa shape index (κ3) is 4.05. The van der Waals surface area contributed by atoms with Crippen molar-refractivity contribution in [2.45, 2.75) is 31.3 Å². The standard InChI is InChI=1S/C18H22N6O4S/c1-12(2)23(4)29(27,28)14-7-5-13(6-8-14)21-16(25)10-24-11-19-17-15(18(24)26)9-20-22(17)3/h5-9,11-12H,10H2,1-4H3,(H,21,25). The van der Waals surface area contributed by atoms with E-state index in [0.717, 1.165) is 0 Å². The first-order chi connectivity index (χ1) is 13.6. The second kappa shape index (κ2) is 7.76. The highest BCUT2D eigenvalue weighted by Gasteiger charge is 2.22. The summed E-state index contributed by atoms with van der Waals surface area (Å²) in [4.78, 5) is 29.0. The fourth-order valence-corrected chi connectivity index (χ4v) is 4.06. The van der Waals surface area contributed by atoms with Gasteiger partial charge in [0.1, 0.15) is 18.3 Å². The van der Waals surface area contributed by atoms with E-state index in [0.29, 0.717) is 16.7 Å². The minimum Gasteiger partial charge on any atom is -0.325 e. The molecule has 0 atom stereocenters. The van der Waals surface area contributed by atoms with Crippen molar-refractivity contribution < 1.29 is 13.2 Å². The van der Waals surface area contributed by atoms with Crippen molar-refractivity contribution in [3.63, 3.8) is 0 Å². The van der Waals surface area contributed by atoms with Gasteiger partial charge in [-0.25, -0.2) is 13.4 Å². The van der Waals surface area contributed by atoms with E-state index in [1.54, 1.807) is 20.9 Å². The van der Waals surface area contributed by atoms with Gasteiger partial charge in [0.2, 0.25) is 15.9 Å². The molecule has 1 amide bonds. The smallest absolute Gasteiger partial charge is 0.264 e. The molecule has 0 spiro atoms. The monoisotopic (exact) mass is 418 g/mol. The van der Waals surface area contributed by atoms with Crippen molar-refractivity contribution in [1.29, 1.82) is 0 Å².